The first-order valence-electron chi connectivity index (χ1n) is 13.2. The monoisotopic (exact) mass is 481 g/mol. The van der Waals surface area contributed by atoms with Crippen LogP contribution in [0.4, 0.5) is 0 Å². The molecule has 0 spiro atoms. The van der Waals surface area contributed by atoms with Crippen LogP contribution in [0.25, 0.3) is 0 Å². The van der Waals surface area contributed by atoms with Crippen molar-refractivity contribution < 1.29 is 19.1 Å². The van der Waals surface area contributed by atoms with Gasteiger partial charge in [-0.05, 0) is 89.5 Å². The predicted molar refractivity (Wildman–Crippen MR) is 134 cm³/mol. The number of hydrogen-bond acceptors (Lipinski definition) is 5. The van der Waals surface area contributed by atoms with Gasteiger partial charge in [0.1, 0.15) is 17.9 Å². The molecule has 0 aromatic heterocycles. The van der Waals surface area contributed by atoms with Crippen LogP contribution in [0.2, 0.25) is 0 Å². The zero-order chi connectivity index (χ0) is 24.7. The van der Waals surface area contributed by atoms with Gasteiger partial charge < -0.3 is 19.7 Å². The van der Waals surface area contributed by atoms with Crippen LogP contribution in [0.3, 0.4) is 0 Å². The van der Waals surface area contributed by atoms with Gasteiger partial charge >= 0.3 is 0 Å². The lowest BCUT2D eigenvalue weighted by Crippen LogP contribution is -2.49. The Morgan fingerprint density at radius 2 is 1.83 bits per heavy atom. The zero-order valence-corrected chi connectivity index (χ0v) is 21.3. The summed E-state index contributed by atoms with van der Waals surface area (Å²) in [4.78, 5) is 29.8. The Labute approximate surface area is 208 Å². The predicted octanol–water partition coefficient (Wildman–Crippen LogP) is 4.01. The third kappa shape index (κ3) is 5.26. The van der Waals surface area contributed by atoms with Crippen LogP contribution in [0.1, 0.15) is 81.6 Å². The normalized spacial score (nSPS) is 28.4. The Balaban J connectivity index is 1.21. The van der Waals surface area contributed by atoms with E-state index < -0.39 is 6.04 Å². The van der Waals surface area contributed by atoms with Crippen molar-refractivity contribution in [3.05, 3.63) is 41.6 Å². The van der Waals surface area contributed by atoms with Crippen molar-refractivity contribution >= 4 is 11.8 Å². The summed E-state index contributed by atoms with van der Waals surface area (Å²) in [5, 5.41) is 2.80. The summed E-state index contributed by atoms with van der Waals surface area (Å²) in [6.07, 6.45) is 7.35. The van der Waals surface area contributed by atoms with Crippen molar-refractivity contribution in [2.24, 2.45) is 0 Å². The number of rotatable bonds is 5. The van der Waals surface area contributed by atoms with E-state index in [1.54, 1.807) is 4.90 Å². The molecule has 7 heteroatoms. The second kappa shape index (κ2) is 9.58. The molecule has 0 bridgehead atoms. The smallest absolute Gasteiger partial charge is 0.255 e. The van der Waals surface area contributed by atoms with Crippen LogP contribution in [0.15, 0.2) is 30.5 Å². The number of nitrogens with one attached hydrogen (secondary N) is 1. The van der Waals surface area contributed by atoms with Gasteiger partial charge in [0.2, 0.25) is 5.91 Å². The molecule has 2 saturated heterocycles. The molecule has 7 nitrogen and oxygen atoms in total. The summed E-state index contributed by atoms with van der Waals surface area (Å²) in [6.45, 7) is 12.8. The van der Waals surface area contributed by atoms with Crippen LogP contribution in [-0.2, 0) is 16.1 Å². The Morgan fingerprint density at radius 3 is 2.54 bits per heavy atom. The molecule has 190 valence electrons. The molecule has 1 aromatic rings. The topological polar surface area (TPSA) is 71.1 Å². The number of nitrogens with zero attached hydrogens (tertiary/aromatic N) is 2. The van der Waals surface area contributed by atoms with Gasteiger partial charge in [-0.1, -0.05) is 6.58 Å². The molecule has 0 radical (unpaired) electrons. The van der Waals surface area contributed by atoms with E-state index in [0.717, 1.165) is 55.8 Å². The van der Waals surface area contributed by atoms with Crippen LogP contribution in [-0.4, -0.2) is 64.6 Å². The van der Waals surface area contributed by atoms with Gasteiger partial charge in [-0.3, -0.25) is 14.5 Å². The lowest BCUT2D eigenvalue weighted by Gasteiger charge is -2.40. The maximum Gasteiger partial charge on any atom is 0.255 e. The molecule has 1 saturated carbocycles. The third-order valence-electron chi connectivity index (χ3n) is 7.78. The summed E-state index contributed by atoms with van der Waals surface area (Å²) in [5.41, 5.74) is 2.26. The van der Waals surface area contributed by atoms with Crippen molar-refractivity contribution in [3.8, 4) is 5.75 Å². The SMILES string of the molecule is C=C1CCC(N2Cc3cc(O[C@@H]4CCC[C@H]4N4CCC(OC(C)(C)C)CC4)ccc3C2=O)C(=O)N1. The Morgan fingerprint density at radius 1 is 1.06 bits per heavy atom. The van der Waals surface area contributed by atoms with Gasteiger partial charge in [-0.25, -0.2) is 0 Å². The quantitative estimate of drug-likeness (QED) is 0.688. The summed E-state index contributed by atoms with van der Waals surface area (Å²) in [7, 11) is 0. The van der Waals surface area contributed by atoms with E-state index in [9.17, 15) is 9.59 Å². The van der Waals surface area contributed by atoms with Crippen molar-refractivity contribution in [1.82, 2.24) is 15.1 Å². The van der Waals surface area contributed by atoms with Gasteiger partial charge in [0, 0.05) is 36.9 Å². The summed E-state index contributed by atoms with van der Waals surface area (Å²) in [5.74, 6) is 0.616. The minimum Gasteiger partial charge on any atom is -0.489 e. The molecule has 1 aromatic carbocycles. The molecule has 1 unspecified atom stereocenters. The summed E-state index contributed by atoms with van der Waals surface area (Å²) in [6, 6.07) is 5.78. The molecule has 3 fully saturated rings. The van der Waals surface area contributed by atoms with Gasteiger partial charge in [0.15, 0.2) is 0 Å². The molecule has 4 aliphatic rings. The molecule has 2 amide bonds. The van der Waals surface area contributed by atoms with E-state index in [2.05, 4.69) is 37.6 Å². The minimum absolute atomic E-state index is 0.0710. The van der Waals surface area contributed by atoms with Crippen LogP contribution < -0.4 is 10.1 Å². The molecule has 1 aliphatic carbocycles. The Kier molecular flexibility index (Phi) is 6.66. The lowest BCUT2D eigenvalue weighted by atomic mass is 10.0. The van der Waals surface area contributed by atoms with E-state index in [4.69, 9.17) is 9.47 Å². The van der Waals surface area contributed by atoms with Crippen LogP contribution in [0.5, 0.6) is 5.75 Å². The van der Waals surface area contributed by atoms with Crippen molar-refractivity contribution in [2.45, 2.75) is 102 Å². The molecule has 1 N–H and O–H groups in total. The maximum atomic E-state index is 13.0. The van der Waals surface area contributed by atoms with Gasteiger partial charge in [0.25, 0.3) is 5.91 Å². The first kappa shape index (κ1) is 24.3. The highest BCUT2D eigenvalue weighted by Crippen LogP contribution is 2.34. The highest BCUT2D eigenvalue weighted by Gasteiger charge is 2.39. The second-order valence-corrected chi connectivity index (χ2v) is 11.5. The Hall–Kier alpha value is -2.38. The molecule has 35 heavy (non-hydrogen) atoms. The number of fused-ring (bicyclic) bond motifs is 1. The standard InChI is InChI=1S/C28H39N3O4/c1-18-8-11-24(26(32)29-18)31-17-19-16-21(9-10-22(19)27(31)33)34-25-7-5-6-23(25)30-14-12-20(13-15-30)35-28(2,3)4/h9-10,16,20,23-25H,1,5-8,11-15,17H2,2-4H3,(H,29,32)/t23-,24?,25-/m1/s1. The van der Waals surface area contributed by atoms with E-state index >= 15 is 0 Å². The molecule has 3 atom stereocenters. The molecular formula is C28H39N3O4. The fraction of sp³-hybridized carbons (Fsp3) is 0.643. The number of hydrogen-bond donors (Lipinski definition) is 1. The summed E-state index contributed by atoms with van der Waals surface area (Å²) >= 11 is 0. The number of likely N-dealkylation sites (tertiary alicyclic amines) is 1. The van der Waals surface area contributed by atoms with Gasteiger partial charge in [-0.15, -0.1) is 0 Å². The molecular weight excluding hydrogens is 442 g/mol. The maximum absolute atomic E-state index is 13.0. The Bertz CT molecular complexity index is 992. The van der Waals surface area contributed by atoms with Crippen molar-refractivity contribution in [2.75, 3.05) is 13.1 Å². The average Bonchev–Trinajstić information content (AvgIpc) is 3.38. The molecule has 5 rings (SSSR count). The fourth-order valence-corrected chi connectivity index (χ4v) is 6.17. The minimum atomic E-state index is -0.436. The van der Waals surface area contributed by atoms with E-state index in [1.807, 2.05) is 18.2 Å². The number of piperidine rings is 2. The first-order chi connectivity index (χ1) is 16.7. The largest absolute Gasteiger partial charge is 0.489 e. The van der Waals surface area contributed by atoms with Crippen molar-refractivity contribution in [1.29, 1.82) is 0 Å². The first-order valence-corrected chi connectivity index (χ1v) is 13.2. The van der Waals surface area contributed by atoms with Crippen molar-refractivity contribution in [3.63, 3.8) is 0 Å². The van der Waals surface area contributed by atoms with Crippen LogP contribution in [0, 0.1) is 0 Å². The average molecular weight is 482 g/mol. The van der Waals surface area contributed by atoms with Crippen LogP contribution >= 0.6 is 0 Å². The van der Waals surface area contributed by atoms with E-state index in [-0.39, 0.29) is 23.5 Å². The summed E-state index contributed by atoms with van der Waals surface area (Å²) < 4.78 is 12.7. The number of carbonyl (C=O) groups excluding carboxylic acids is 2. The fourth-order valence-electron chi connectivity index (χ4n) is 6.17. The third-order valence-corrected chi connectivity index (χ3v) is 7.78. The number of amides is 2. The number of carbonyl (C=O) groups is 2. The van der Waals surface area contributed by atoms with Gasteiger partial charge in [0.05, 0.1) is 11.7 Å². The highest BCUT2D eigenvalue weighted by atomic mass is 16.5. The molecule has 3 aliphatic heterocycles. The van der Waals surface area contributed by atoms with Gasteiger partial charge in [-0.2, -0.15) is 0 Å². The number of benzene rings is 1. The molecule has 3 heterocycles. The zero-order valence-electron chi connectivity index (χ0n) is 21.3. The van der Waals surface area contributed by atoms with E-state index in [0.29, 0.717) is 37.1 Å². The number of allylic oxidation sites excluding steroid dienone is 1. The highest BCUT2D eigenvalue weighted by molar-refractivity contribution is 6.01. The lowest BCUT2D eigenvalue weighted by molar-refractivity contribution is -0.126. The second-order valence-electron chi connectivity index (χ2n) is 11.5. The van der Waals surface area contributed by atoms with E-state index in [1.165, 1.54) is 6.42 Å². The number of ether oxygens (including phenoxy) is 2.